The van der Waals surface area contributed by atoms with E-state index in [9.17, 15) is 9.59 Å². The van der Waals surface area contributed by atoms with Gasteiger partial charge in [0.25, 0.3) is 0 Å². The van der Waals surface area contributed by atoms with Crippen LogP contribution in [0.5, 0.6) is 0 Å². The van der Waals surface area contributed by atoms with Gasteiger partial charge in [-0.15, -0.1) is 0 Å². The number of carbonyl (C=O) groups is 2. The second-order valence-corrected chi connectivity index (χ2v) is 10.9. The number of rotatable bonds is 9. The van der Waals surface area contributed by atoms with Gasteiger partial charge in [-0.2, -0.15) is 0 Å². The maximum Gasteiger partial charge on any atom is 0.222 e. The smallest absolute Gasteiger partial charge is 0.222 e. The summed E-state index contributed by atoms with van der Waals surface area (Å²) in [5.74, 6) is 0.144. The molecule has 0 saturated carbocycles. The highest BCUT2D eigenvalue weighted by molar-refractivity contribution is 6.30. The summed E-state index contributed by atoms with van der Waals surface area (Å²) >= 11 is 6.09. The van der Waals surface area contributed by atoms with Gasteiger partial charge in [-0.25, -0.2) is 0 Å². The van der Waals surface area contributed by atoms with E-state index in [2.05, 4.69) is 46.6 Å². The Morgan fingerprint density at radius 2 is 1.63 bits per heavy atom. The molecule has 1 heterocycles. The summed E-state index contributed by atoms with van der Waals surface area (Å²) in [6, 6.07) is 24.6. The predicted molar refractivity (Wildman–Crippen MR) is 155 cm³/mol. The molecule has 1 N–H and O–H groups in total. The van der Waals surface area contributed by atoms with Crippen molar-refractivity contribution in [3.63, 3.8) is 0 Å². The number of amides is 2. The molecule has 1 aliphatic rings. The van der Waals surface area contributed by atoms with Crippen molar-refractivity contribution in [3.05, 3.63) is 94.5 Å². The predicted octanol–water partition coefficient (Wildman–Crippen LogP) is 6.08. The summed E-state index contributed by atoms with van der Waals surface area (Å²) in [5.41, 5.74) is 5.94. The number of hydrogen-bond acceptors (Lipinski definition) is 3. The Morgan fingerprint density at radius 3 is 2.39 bits per heavy atom. The highest BCUT2D eigenvalue weighted by Gasteiger charge is 2.22. The van der Waals surface area contributed by atoms with E-state index in [0.29, 0.717) is 25.9 Å². The lowest BCUT2D eigenvalue weighted by molar-refractivity contribution is -0.132. The zero-order valence-corrected chi connectivity index (χ0v) is 23.2. The van der Waals surface area contributed by atoms with E-state index >= 15 is 0 Å². The van der Waals surface area contributed by atoms with Gasteiger partial charge in [-0.3, -0.25) is 14.5 Å². The van der Waals surface area contributed by atoms with Gasteiger partial charge in [0, 0.05) is 57.1 Å². The third-order valence-corrected chi connectivity index (χ3v) is 7.43. The van der Waals surface area contributed by atoms with Gasteiger partial charge >= 0.3 is 0 Å². The van der Waals surface area contributed by atoms with Crippen LogP contribution in [0.3, 0.4) is 0 Å². The summed E-state index contributed by atoms with van der Waals surface area (Å²) in [6.45, 7) is 8.67. The van der Waals surface area contributed by atoms with Crippen LogP contribution in [0.1, 0.15) is 42.9 Å². The Balaban J connectivity index is 1.24. The molecule has 0 aliphatic carbocycles. The van der Waals surface area contributed by atoms with Crippen LogP contribution in [-0.2, 0) is 22.7 Å². The van der Waals surface area contributed by atoms with Crippen LogP contribution in [0.2, 0.25) is 5.02 Å². The van der Waals surface area contributed by atoms with Gasteiger partial charge in [0.15, 0.2) is 0 Å². The van der Waals surface area contributed by atoms with Crippen LogP contribution < -0.4 is 5.32 Å². The SMILES string of the molecule is Cc1ccc(CNC(=O)CC(C)CC(=O)N2CCCN(Cc3ccccc3-c3ccc(Cl)cc3)CC2)cc1. The summed E-state index contributed by atoms with van der Waals surface area (Å²) in [4.78, 5) is 29.9. The number of nitrogens with zero attached hydrogens (tertiary/aromatic N) is 2. The minimum absolute atomic E-state index is 0.00567. The minimum Gasteiger partial charge on any atom is -0.352 e. The standard InChI is InChI=1S/C32H38ClN3O2/c1-24-8-10-26(11-9-24)22-34-31(37)20-25(2)21-32(38)36-17-5-16-35(18-19-36)23-28-6-3-4-7-30(28)27-12-14-29(33)15-13-27/h3-4,6-15,25H,5,16-23H2,1-2H3,(H,34,37). The zero-order valence-electron chi connectivity index (χ0n) is 22.5. The number of hydrogen-bond donors (Lipinski definition) is 1. The average molecular weight is 532 g/mol. The van der Waals surface area contributed by atoms with Crippen molar-refractivity contribution in [3.8, 4) is 11.1 Å². The summed E-state index contributed by atoms with van der Waals surface area (Å²) in [5, 5.41) is 3.72. The highest BCUT2D eigenvalue weighted by atomic mass is 35.5. The van der Waals surface area contributed by atoms with Gasteiger partial charge in [0.05, 0.1) is 0 Å². The second-order valence-electron chi connectivity index (χ2n) is 10.5. The number of halogens is 1. The quantitative estimate of drug-likeness (QED) is 0.364. The molecule has 1 aliphatic heterocycles. The Labute approximate surface area is 231 Å². The topological polar surface area (TPSA) is 52.7 Å². The lowest BCUT2D eigenvalue weighted by atomic mass is 9.99. The molecule has 38 heavy (non-hydrogen) atoms. The Morgan fingerprint density at radius 1 is 0.895 bits per heavy atom. The molecule has 200 valence electrons. The van der Waals surface area contributed by atoms with Gasteiger partial charge in [0.1, 0.15) is 0 Å². The fourth-order valence-electron chi connectivity index (χ4n) is 4.98. The van der Waals surface area contributed by atoms with Gasteiger partial charge < -0.3 is 10.2 Å². The van der Waals surface area contributed by atoms with Crippen molar-refractivity contribution in [2.24, 2.45) is 5.92 Å². The lowest BCUT2D eigenvalue weighted by Crippen LogP contribution is -2.36. The fourth-order valence-corrected chi connectivity index (χ4v) is 5.11. The van der Waals surface area contributed by atoms with E-state index in [1.165, 1.54) is 16.7 Å². The van der Waals surface area contributed by atoms with Crippen molar-refractivity contribution in [2.45, 2.75) is 46.2 Å². The fraction of sp³-hybridized carbons (Fsp3) is 0.375. The number of carbonyl (C=O) groups excluding carboxylic acids is 2. The molecule has 5 nitrogen and oxygen atoms in total. The lowest BCUT2D eigenvalue weighted by Gasteiger charge is -2.24. The minimum atomic E-state index is -0.00716. The number of benzene rings is 3. The van der Waals surface area contributed by atoms with Crippen LogP contribution >= 0.6 is 11.6 Å². The molecule has 4 rings (SSSR count). The molecule has 0 radical (unpaired) electrons. The molecular formula is C32H38ClN3O2. The van der Waals surface area contributed by atoms with Crippen molar-refractivity contribution >= 4 is 23.4 Å². The average Bonchev–Trinajstić information content (AvgIpc) is 3.15. The monoisotopic (exact) mass is 531 g/mol. The first-order valence-corrected chi connectivity index (χ1v) is 13.9. The van der Waals surface area contributed by atoms with Crippen molar-refractivity contribution in [1.29, 1.82) is 0 Å². The molecule has 1 saturated heterocycles. The molecule has 0 bridgehead atoms. The normalized spacial score (nSPS) is 15.1. The Kier molecular flexibility index (Phi) is 9.97. The first kappa shape index (κ1) is 27.9. The molecule has 1 atom stereocenters. The molecule has 3 aromatic carbocycles. The van der Waals surface area contributed by atoms with E-state index in [0.717, 1.165) is 48.7 Å². The largest absolute Gasteiger partial charge is 0.352 e. The van der Waals surface area contributed by atoms with Gasteiger partial charge in [-0.05, 0) is 53.6 Å². The van der Waals surface area contributed by atoms with E-state index in [4.69, 9.17) is 11.6 Å². The zero-order chi connectivity index (χ0) is 26.9. The van der Waals surface area contributed by atoms with Crippen LogP contribution in [0, 0.1) is 12.8 Å². The first-order valence-electron chi connectivity index (χ1n) is 13.5. The van der Waals surface area contributed by atoms with E-state index in [1.54, 1.807) is 0 Å². The Bertz CT molecular complexity index is 1210. The molecule has 3 aromatic rings. The molecule has 0 aromatic heterocycles. The molecule has 1 unspecified atom stereocenters. The molecule has 0 spiro atoms. The van der Waals surface area contributed by atoms with Crippen molar-refractivity contribution in [2.75, 3.05) is 26.2 Å². The van der Waals surface area contributed by atoms with Gasteiger partial charge in [-0.1, -0.05) is 84.8 Å². The second kappa shape index (κ2) is 13.6. The third kappa shape index (κ3) is 8.17. The van der Waals surface area contributed by atoms with Crippen molar-refractivity contribution < 1.29 is 9.59 Å². The molecule has 2 amide bonds. The van der Waals surface area contributed by atoms with Crippen LogP contribution in [0.15, 0.2) is 72.8 Å². The van der Waals surface area contributed by atoms with E-state index < -0.39 is 0 Å². The maximum absolute atomic E-state index is 13.1. The van der Waals surface area contributed by atoms with Crippen LogP contribution in [0.4, 0.5) is 0 Å². The summed E-state index contributed by atoms with van der Waals surface area (Å²) < 4.78 is 0. The summed E-state index contributed by atoms with van der Waals surface area (Å²) in [7, 11) is 0. The maximum atomic E-state index is 13.1. The highest BCUT2D eigenvalue weighted by Crippen LogP contribution is 2.26. The number of aryl methyl sites for hydroxylation is 1. The number of nitrogens with one attached hydrogen (secondary N) is 1. The molecular weight excluding hydrogens is 494 g/mol. The third-order valence-electron chi connectivity index (χ3n) is 7.17. The first-order chi connectivity index (χ1) is 18.4. The van der Waals surface area contributed by atoms with Gasteiger partial charge in [0.2, 0.25) is 11.8 Å². The van der Waals surface area contributed by atoms with Crippen LogP contribution in [-0.4, -0.2) is 47.8 Å². The molecule has 1 fully saturated rings. The van der Waals surface area contributed by atoms with Crippen molar-refractivity contribution in [1.82, 2.24) is 15.1 Å². The van der Waals surface area contributed by atoms with E-state index in [-0.39, 0.29) is 17.7 Å². The molecule has 6 heteroatoms. The Hall–Kier alpha value is -3.15. The van der Waals surface area contributed by atoms with E-state index in [1.807, 2.05) is 55.1 Å². The summed E-state index contributed by atoms with van der Waals surface area (Å²) in [6.07, 6.45) is 1.71. The van der Waals surface area contributed by atoms with Crippen LogP contribution in [0.25, 0.3) is 11.1 Å².